The summed E-state index contributed by atoms with van der Waals surface area (Å²) in [4.78, 5) is 13.8. The van der Waals surface area contributed by atoms with Gasteiger partial charge in [-0.15, -0.1) is 0 Å². The molecule has 1 heterocycles. The summed E-state index contributed by atoms with van der Waals surface area (Å²) in [5, 5.41) is 12.3. The van der Waals surface area contributed by atoms with E-state index in [9.17, 15) is 18.3 Å². The molecule has 1 saturated heterocycles. The average Bonchev–Trinajstić information content (AvgIpc) is 2.48. The Morgan fingerprint density at radius 3 is 2.62 bits per heavy atom. The monoisotopic (exact) mass is 318 g/mol. The Kier molecular flexibility index (Phi) is 6.01. The number of nitrogens with one attached hydrogen (secondary N) is 1. The van der Waals surface area contributed by atoms with Crippen molar-refractivity contribution in [2.45, 2.75) is 38.1 Å². The molecule has 1 saturated carbocycles. The van der Waals surface area contributed by atoms with Gasteiger partial charge in [0.05, 0.1) is 24.7 Å². The molecule has 7 heteroatoms. The molecule has 2 rings (SSSR count). The van der Waals surface area contributed by atoms with Crippen molar-refractivity contribution >= 4 is 15.7 Å². The first-order valence-corrected chi connectivity index (χ1v) is 9.64. The molecular formula is C14H26N2O4S. The van der Waals surface area contributed by atoms with Gasteiger partial charge in [0.1, 0.15) is 0 Å². The Balaban J connectivity index is 1.76. The topological polar surface area (TPSA) is 86.7 Å². The average molecular weight is 318 g/mol. The number of sulfone groups is 1. The summed E-state index contributed by atoms with van der Waals surface area (Å²) < 4.78 is 23.1. The van der Waals surface area contributed by atoms with Gasteiger partial charge in [-0.3, -0.25) is 9.69 Å². The van der Waals surface area contributed by atoms with Gasteiger partial charge < -0.3 is 10.4 Å². The Morgan fingerprint density at radius 2 is 1.95 bits per heavy atom. The molecular weight excluding hydrogens is 292 g/mol. The van der Waals surface area contributed by atoms with Gasteiger partial charge in [-0.2, -0.15) is 0 Å². The van der Waals surface area contributed by atoms with Crippen molar-refractivity contribution in [3.05, 3.63) is 0 Å². The van der Waals surface area contributed by atoms with E-state index in [2.05, 4.69) is 5.32 Å². The number of hydrogen-bond donors (Lipinski definition) is 2. The van der Waals surface area contributed by atoms with Gasteiger partial charge in [0.25, 0.3) is 0 Å². The second-order valence-corrected chi connectivity index (χ2v) is 8.46. The lowest BCUT2D eigenvalue weighted by Crippen LogP contribution is -2.53. The van der Waals surface area contributed by atoms with Gasteiger partial charge in [-0.05, 0) is 18.8 Å². The summed E-state index contributed by atoms with van der Waals surface area (Å²) in [5.74, 6) is 0.523. The summed E-state index contributed by atoms with van der Waals surface area (Å²) in [6, 6.07) is -0.454. The number of hydrogen-bond acceptors (Lipinski definition) is 5. The quantitative estimate of drug-likeness (QED) is 0.731. The maximum Gasteiger partial charge on any atom is 0.234 e. The predicted molar refractivity (Wildman–Crippen MR) is 80.7 cm³/mol. The molecule has 1 amide bonds. The Labute approximate surface area is 126 Å². The molecule has 2 N–H and O–H groups in total. The predicted octanol–water partition coefficient (Wildman–Crippen LogP) is -0.226. The van der Waals surface area contributed by atoms with Crippen molar-refractivity contribution in [2.24, 2.45) is 5.92 Å². The maximum absolute atomic E-state index is 12.0. The smallest absolute Gasteiger partial charge is 0.234 e. The minimum atomic E-state index is -3.08. The maximum atomic E-state index is 12.0. The van der Waals surface area contributed by atoms with Crippen LogP contribution >= 0.6 is 0 Å². The van der Waals surface area contributed by atoms with Crippen LogP contribution in [0.15, 0.2) is 0 Å². The molecule has 0 aromatic heterocycles. The Hall–Kier alpha value is -0.660. The normalized spacial score (nSPS) is 27.4. The highest BCUT2D eigenvalue weighted by molar-refractivity contribution is 7.91. The zero-order valence-electron chi connectivity index (χ0n) is 12.5. The van der Waals surface area contributed by atoms with Gasteiger partial charge in [0, 0.05) is 19.1 Å². The molecule has 2 aliphatic rings. The van der Waals surface area contributed by atoms with Crippen LogP contribution in [0.4, 0.5) is 0 Å². The number of rotatable bonds is 5. The fraction of sp³-hybridized carbons (Fsp3) is 0.929. The molecule has 6 nitrogen and oxygen atoms in total. The highest BCUT2D eigenvalue weighted by atomic mass is 32.2. The van der Waals surface area contributed by atoms with Crippen molar-refractivity contribution in [2.75, 3.05) is 37.7 Å². The number of carbonyl (C=O) groups is 1. The lowest BCUT2D eigenvalue weighted by molar-refractivity contribution is -0.123. The molecule has 0 spiro atoms. The van der Waals surface area contributed by atoms with Crippen LogP contribution in [0.3, 0.4) is 0 Å². The third-order valence-electron chi connectivity index (χ3n) is 4.52. The molecule has 1 aliphatic carbocycles. The van der Waals surface area contributed by atoms with Gasteiger partial charge in [0.15, 0.2) is 9.84 Å². The summed E-state index contributed by atoms with van der Waals surface area (Å²) in [7, 11) is -3.08. The van der Waals surface area contributed by atoms with E-state index in [-0.39, 0.29) is 30.6 Å². The molecule has 0 aromatic rings. The van der Waals surface area contributed by atoms with Crippen LogP contribution < -0.4 is 5.32 Å². The molecule has 0 unspecified atom stereocenters. The molecule has 0 radical (unpaired) electrons. The number of nitrogens with zero attached hydrogens (tertiary/aromatic N) is 1. The van der Waals surface area contributed by atoms with Crippen LogP contribution in [-0.4, -0.2) is 68.1 Å². The van der Waals surface area contributed by atoms with Gasteiger partial charge in [-0.1, -0.05) is 19.3 Å². The Bertz CT molecular complexity index is 446. The fourth-order valence-electron chi connectivity index (χ4n) is 3.19. The van der Waals surface area contributed by atoms with Crippen LogP contribution in [0.5, 0.6) is 0 Å². The fourth-order valence-corrected chi connectivity index (χ4v) is 4.77. The van der Waals surface area contributed by atoms with E-state index in [1.165, 1.54) is 32.1 Å². The molecule has 1 atom stereocenters. The third kappa shape index (κ3) is 5.23. The summed E-state index contributed by atoms with van der Waals surface area (Å²) in [5.41, 5.74) is 0. The van der Waals surface area contributed by atoms with Crippen molar-refractivity contribution < 1.29 is 18.3 Å². The van der Waals surface area contributed by atoms with E-state index < -0.39 is 15.9 Å². The van der Waals surface area contributed by atoms with Crippen LogP contribution in [-0.2, 0) is 14.6 Å². The number of amides is 1. The minimum Gasteiger partial charge on any atom is -0.395 e. The first kappa shape index (κ1) is 16.7. The van der Waals surface area contributed by atoms with Gasteiger partial charge in [-0.25, -0.2) is 8.42 Å². The van der Waals surface area contributed by atoms with E-state index in [4.69, 9.17) is 0 Å². The summed E-state index contributed by atoms with van der Waals surface area (Å²) in [6.45, 7) is 0.988. The molecule has 1 aliphatic heterocycles. The first-order valence-electron chi connectivity index (χ1n) is 7.82. The summed E-state index contributed by atoms with van der Waals surface area (Å²) in [6.07, 6.45) is 6.15. The lowest BCUT2D eigenvalue weighted by Gasteiger charge is -2.33. The minimum absolute atomic E-state index is 0.0561. The third-order valence-corrected chi connectivity index (χ3v) is 6.22. The second-order valence-electron chi connectivity index (χ2n) is 6.23. The molecule has 0 bridgehead atoms. The van der Waals surface area contributed by atoms with Crippen molar-refractivity contribution in [1.82, 2.24) is 10.2 Å². The SMILES string of the molecule is O=C(CN1CCS(=O)(=O)C[C@H]1CO)NCC1CCCCC1. The van der Waals surface area contributed by atoms with Crippen molar-refractivity contribution in [3.8, 4) is 0 Å². The second kappa shape index (κ2) is 7.56. The van der Waals surface area contributed by atoms with Gasteiger partial charge >= 0.3 is 0 Å². The molecule has 122 valence electrons. The number of aliphatic hydroxyl groups is 1. The van der Waals surface area contributed by atoms with Crippen LogP contribution in [0, 0.1) is 5.92 Å². The number of carbonyl (C=O) groups excluding carboxylic acids is 1. The van der Waals surface area contributed by atoms with E-state index in [1.807, 2.05) is 0 Å². The zero-order valence-corrected chi connectivity index (χ0v) is 13.3. The zero-order chi connectivity index (χ0) is 15.3. The molecule has 0 aromatic carbocycles. The highest BCUT2D eigenvalue weighted by Gasteiger charge is 2.31. The van der Waals surface area contributed by atoms with Crippen molar-refractivity contribution in [3.63, 3.8) is 0 Å². The van der Waals surface area contributed by atoms with Crippen LogP contribution in [0.1, 0.15) is 32.1 Å². The van der Waals surface area contributed by atoms with E-state index >= 15 is 0 Å². The standard InChI is InChI=1S/C14H26N2O4S/c17-10-13-11-21(19,20)7-6-16(13)9-14(18)15-8-12-4-2-1-3-5-12/h12-13,17H,1-11H2,(H,15,18)/t13-/m1/s1. The molecule has 21 heavy (non-hydrogen) atoms. The van der Waals surface area contributed by atoms with Crippen LogP contribution in [0.25, 0.3) is 0 Å². The van der Waals surface area contributed by atoms with E-state index in [1.54, 1.807) is 4.90 Å². The van der Waals surface area contributed by atoms with Gasteiger partial charge in [0.2, 0.25) is 5.91 Å². The van der Waals surface area contributed by atoms with Crippen LogP contribution in [0.2, 0.25) is 0 Å². The highest BCUT2D eigenvalue weighted by Crippen LogP contribution is 2.22. The van der Waals surface area contributed by atoms with E-state index in [0.29, 0.717) is 12.5 Å². The summed E-state index contributed by atoms with van der Waals surface area (Å²) >= 11 is 0. The largest absolute Gasteiger partial charge is 0.395 e. The first-order chi connectivity index (χ1) is 10.00. The van der Waals surface area contributed by atoms with Crippen molar-refractivity contribution in [1.29, 1.82) is 0 Å². The lowest BCUT2D eigenvalue weighted by atomic mass is 9.89. The van der Waals surface area contributed by atoms with E-state index in [0.717, 1.165) is 6.54 Å². The molecule has 2 fully saturated rings. The Morgan fingerprint density at radius 1 is 1.24 bits per heavy atom. The number of aliphatic hydroxyl groups excluding tert-OH is 1.